The van der Waals surface area contributed by atoms with E-state index in [0.717, 1.165) is 18.1 Å². The van der Waals surface area contributed by atoms with Crippen molar-refractivity contribution in [2.24, 2.45) is 0 Å². The van der Waals surface area contributed by atoms with Crippen molar-refractivity contribution in [3.8, 4) is 0 Å². The first-order chi connectivity index (χ1) is 8.24. The molecule has 2 atom stereocenters. The van der Waals surface area contributed by atoms with E-state index in [1.54, 1.807) is 0 Å². The second-order valence-corrected chi connectivity index (χ2v) is 5.69. The summed E-state index contributed by atoms with van der Waals surface area (Å²) in [6.45, 7) is 5.24. The summed E-state index contributed by atoms with van der Waals surface area (Å²) in [5, 5.41) is 3.42. The smallest absolute Gasteiger partial charge is 0.0860 e. The molecule has 1 N–H and O–H groups in total. The van der Waals surface area contributed by atoms with Crippen LogP contribution in [-0.2, 0) is 4.74 Å². The van der Waals surface area contributed by atoms with E-state index < -0.39 is 0 Å². The van der Waals surface area contributed by atoms with Gasteiger partial charge in [-0.2, -0.15) is 11.8 Å². The van der Waals surface area contributed by atoms with Crippen LogP contribution in [0.4, 0.5) is 0 Å². The van der Waals surface area contributed by atoms with Gasteiger partial charge < -0.3 is 10.1 Å². The summed E-state index contributed by atoms with van der Waals surface area (Å²) in [4.78, 5) is 0. The third kappa shape index (κ3) is 2.84. The van der Waals surface area contributed by atoms with Crippen LogP contribution in [0.2, 0.25) is 0 Å². The van der Waals surface area contributed by atoms with Gasteiger partial charge in [-0.05, 0) is 37.6 Å². The van der Waals surface area contributed by atoms with Gasteiger partial charge >= 0.3 is 0 Å². The molecule has 1 aromatic carbocycles. The zero-order chi connectivity index (χ0) is 12.3. The van der Waals surface area contributed by atoms with Gasteiger partial charge in [0, 0.05) is 11.5 Å². The summed E-state index contributed by atoms with van der Waals surface area (Å²) in [5.41, 5.74) is 4.11. The highest BCUT2D eigenvalue weighted by atomic mass is 32.2. The Kier molecular flexibility index (Phi) is 4.48. The molecule has 1 saturated heterocycles. The third-order valence-corrected chi connectivity index (χ3v) is 4.53. The first-order valence-electron chi connectivity index (χ1n) is 6.16. The van der Waals surface area contributed by atoms with Crippen LogP contribution in [0.25, 0.3) is 0 Å². The molecule has 0 aliphatic carbocycles. The monoisotopic (exact) mass is 251 g/mol. The maximum atomic E-state index is 5.90. The quantitative estimate of drug-likeness (QED) is 0.892. The SMILES string of the molecule is CNC(c1cccc(C)c1C)C1CSCCO1. The van der Waals surface area contributed by atoms with E-state index >= 15 is 0 Å². The molecule has 1 aromatic rings. The van der Waals surface area contributed by atoms with Gasteiger partial charge in [-0.25, -0.2) is 0 Å². The lowest BCUT2D eigenvalue weighted by Gasteiger charge is -2.31. The van der Waals surface area contributed by atoms with Crippen LogP contribution in [-0.4, -0.2) is 31.3 Å². The van der Waals surface area contributed by atoms with Crippen molar-refractivity contribution in [1.82, 2.24) is 5.32 Å². The molecule has 3 heteroatoms. The van der Waals surface area contributed by atoms with Gasteiger partial charge in [0.1, 0.15) is 0 Å². The van der Waals surface area contributed by atoms with Crippen LogP contribution in [0, 0.1) is 13.8 Å². The molecule has 0 amide bonds. The average molecular weight is 251 g/mol. The van der Waals surface area contributed by atoms with Gasteiger partial charge in [-0.1, -0.05) is 18.2 Å². The zero-order valence-corrected chi connectivity index (χ0v) is 11.6. The molecule has 0 aromatic heterocycles. The van der Waals surface area contributed by atoms with Crippen molar-refractivity contribution < 1.29 is 4.74 Å². The highest BCUT2D eigenvalue weighted by Gasteiger charge is 2.26. The zero-order valence-electron chi connectivity index (χ0n) is 10.8. The Morgan fingerprint density at radius 3 is 2.88 bits per heavy atom. The Morgan fingerprint density at radius 1 is 1.41 bits per heavy atom. The minimum absolute atomic E-state index is 0.291. The predicted molar refractivity (Wildman–Crippen MR) is 74.8 cm³/mol. The molecule has 1 aliphatic rings. The first kappa shape index (κ1) is 12.9. The van der Waals surface area contributed by atoms with Crippen molar-refractivity contribution in [3.63, 3.8) is 0 Å². The second kappa shape index (κ2) is 5.89. The topological polar surface area (TPSA) is 21.3 Å². The van der Waals surface area contributed by atoms with Gasteiger partial charge in [-0.3, -0.25) is 0 Å². The minimum atomic E-state index is 0.291. The van der Waals surface area contributed by atoms with E-state index in [-0.39, 0.29) is 0 Å². The normalized spacial score (nSPS) is 22.4. The maximum Gasteiger partial charge on any atom is 0.0860 e. The first-order valence-corrected chi connectivity index (χ1v) is 7.32. The molecule has 2 unspecified atom stereocenters. The Balaban J connectivity index is 2.24. The molecule has 17 heavy (non-hydrogen) atoms. The van der Waals surface area contributed by atoms with E-state index in [1.807, 2.05) is 18.8 Å². The second-order valence-electron chi connectivity index (χ2n) is 4.54. The van der Waals surface area contributed by atoms with Crippen LogP contribution in [0.3, 0.4) is 0 Å². The van der Waals surface area contributed by atoms with Crippen LogP contribution in [0.5, 0.6) is 0 Å². The van der Waals surface area contributed by atoms with Crippen LogP contribution in [0.15, 0.2) is 18.2 Å². The summed E-state index contributed by atoms with van der Waals surface area (Å²) in [5.74, 6) is 2.21. The third-order valence-electron chi connectivity index (χ3n) is 3.51. The molecule has 0 saturated carbocycles. The largest absolute Gasteiger partial charge is 0.375 e. The minimum Gasteiger partial charge on any atom is -0.375 e. The molecule has 94 valence electrons. The lowest BCUT2D eigenvalue weighted by molar-refractivity contribution is 0.0487. The molecule has 1 heterocycles. The highest BCUT2D eigenvalue weighted by molar-refractivity contribution is 7.99. The summed E-state index contributed by atoms with van der Waals surface area (Å²) in [6, 6.07) is 6.83. The summed E-state index contributed by atoms with van der Waals surface area (Å²) >= 11 is 1.99. The van der Waals surface area contributed by atoms with Gasteiger partial charge in [0.15, 0.2) is 0 Å². The Labute approximate surface area is 108 Å². The molecule has 0 bridgehead atoms. The fourth-order valence-corrected chi connectivity index (χ4v) is 3.25. The van der Waals surface area contributed by atoms with E-state index in [4.69, 9.17) is 4.74 Å². The molecular weight excluding hydrogens is 230 g/mol. The summed E-state index contributed by atoms with van der Waals surface area (Å²) in [7, 11) is 2.02. The Hall–Kier alpha value is -0.510. The van der Waals surface area contributed by atoms with Gasteiger partial charge in [0.25, 0.3) is 0 Å². The van der Waals surface area contributed by atoms with Crippen molar-refractivity contribution in [3.05, 3.63) is 34.9 Å². The Bertz CT molecular complexity index is 374. The maximum absolute atomic E-state index is 5.90. The van der Waals surface area contributed by atoms with E-state index in [1.165, 1.54) is 16.7 Å². The number of hydrogen-bond acceptors (Lipinski definition) is 3. The number of nitrogens with one attached hydrogen (secondary N) is 1. The van der Waals surface area contributed by atoms with Crippen LogP contribution >= 0.6 is 11.8 Å². The lowest BCUT2D eigenvalue weighted by Crippen LogP contribution is -2.37. The van der Waals surface area contributed by atoms with E-state index in [0.29, 0.717) is 12.1 Å². The number of benzene rings is 1. The molecular formula is C14H21NOS. The number of thioether (sulfide) groups is 1. The van der Waals surface area contributed by atoms with Gasteiger partial charge in [-0.15, -0.1) is 0 Å². The van der Waals surface area contributed by atoms with Crippen molar-refractivity contribution in [2.45, 2.75) is 26.0 Å². The predicted octanol–water partition coefficient (Wildman–Crippen LogP) is 2.70. The van der Waals surface area contributed by atoms with E-state index in [2.05, 4.69) is 37.4 Å². The van der Waals surface area contributed by atoms with Crippen molar-refractivity contribution in [2.75, 3.05) is 25.2 Å². The molecule has 0 spiro atoms. The van der Waals surface area contributed by atoms with Crippen molar-refractivity contribution >= 4 is 11.8 Å². The molecule has 2 nitrogen and oxygen atoms in total. The fourth-order valence-electron chi connectivity index (χ4n) is 2.35. The van der Waals surface area contributed by atoms with Gasteiger partial charge in [0.2, 0.25) is 0 Å². The molecule has 1 fully saturated rings. The molecule has 0 radical (unpaired) electrons. The average Bonchev–Trinajstić information content (AvgIpc) is 2.37. The lowest BCUT2D eigenvalue weighted by atomic mass is 9.94. The number of aryl methyl sites for hydroxylation is 1. The number of rotatable bonds is 3. The van der Waals surface area contributed by atoms with E-state index in [9.17, 15) is 0 Å². The summed E-state index contributed by atoms with van der Waals surface area (Å²) < 4.78 is 5.90. The van der Waals surface area contributed by atoms with Gasteiger partial charge in [0.05, 0.1) is 18.8 Å². The van der Waals surface area contributed by atoms with Crippen LogP contribution < -0.4 is 5.32 Å². The van der Waals surface area contributed by atoms with Crippen LogP contribution in [0.1, 0.15) is 22.7 Å². The Morgan fingerprint density at radius 2 is 2.24 bits per heavy atom. The summed E-state index contributed by atoms with van der Waals surface area (Å²) in [6.07, 6.45) is 0.291. The molecule has 2 rings (SSSR count). The highest BCUT2D eigenvalue weighted by Crippen LogP contribution is 2.28. The number of ether oxygens (including phenoxy) is 1. The van der Waals surface area contributed by atoms with Crippen molar-refractivity contribution in [1.29, 1.82) is 0 Å². The number of hydrogen-bond donors (Lipinski definition) is 1. The standard InChI is InChI=1S/C14H21NOS/c1-10-5-4-6-12(11(10)2)14(15-3)13-9-17-8-7-16-13/h4-6,13-15H,7-9H2,1-3H3. The fraction of sp³-hybridized carbons (Fsp3) is 0.571. The molecule has 1 aliphatic heterocycles. The number of likely N-dealkylation sites (N-methyl/N-ethyl adjacent to an activating group) is 1.